The van der Waals surface area contributed by atoms with Gasteiger partial charge in [-0.3, -0.25) is 4.79 Å². The van der Waals surface area contributed by atoms with Crippen LogP contribution in [-0.4, -0.2) is 21.9 Å². The molecular formula is C21H19FN2O. The number of benzene rings is 2. The van der Waals surface area contributed by atoms with Crippen LogP contribution in [0, 0.1) is 5.82 Å². The van der Waals surface area contributed by atoms with Crippen LogP contribution in [0.1, 0.15) is 22.9 Å². The molecule has 0 radical (unpaired) electrons. The molecule has 2 heterocycles. The van der Waals surface area contributed by atoms with Crippen molar-refractivity contribution in [3.63, 3.8) is 0 Å². The van der Waals surface area contributed by atoms with Gasteiger partial charge in [0.05, 0.1) is 12.5 Å². The molecule has 1 aliphatic rings. The van der Waals surface area contributed by atoms with Crippen LogP contribution in [0.2, 0.25) is 0 Å². The molecule has 0 fully saturated rings. The predicted octanol–water partition coefficient (Wildman–Crippen LogP) is 3.80. The van der Waals surface area contributed by atoms with Gasteiger partial charge in [-0.2, -0.15) is 0 Å². The fraction of sp³-hybridized carbons (Fsp3) is 0.190. The largest absolute Gasteiger partial charge is 0.348 e. The summed E-state index contributed by atoms with van der Waals surface area (Å²) >= 11 is 0. The van der Waals surface area contributed by atoms with Gasteiger partial charge >= 0.3 is 0 Å². The van der Waals surface area contributed by atoms with Gasteiger partial charge in [-0.15, -0.1) is 0 Å². The summed E-state index contributed by atoms with van der Waals surface area (Å²) in [7, 11) is 0. The average molecular weight is 334 g/mol. The first-order valence-electron chi connectivity index (χ1n) is 8.46. The lowest BCUT2D eigenvalue weighted by Crippen LogP contribution is -2.43. The molecular weight excluding hydrogens is 315 g/mol. The fourth-order valence-corrected chi connectivity index (χ4v) is 3.55. The molecule has 3 aromatic rings. The summed E-state index contributed by atoms with van der Waals surface area (Å²) in [6, 6.07) is 20.0. The Labute approximate surface area is 146 Å². The molecule has 3 nitrogen and oxygen atoms in total. The number of fused-ring (bicyclic) bond motifs is 1. The van der Waals surface area contributed by atoms with Crippen LogP contribution >= 0.6 is 0 Å². The number of aromatic nitrogens is 1. The Morgan fingerprint density at radius 2 is 1.84 bits per heavy atom. The third-order valence-corrected chi connectivity index (χ3v) is 4.72. The number of hydrogen-bond acceptors (Lipinski definition) is 1. The van der Waals surface area contributed by atoms with E-state index in [9.17, 15) is 9.18 Å². The molecule has 4 heteroatoms. The van der Waals surface area contributed by atoms with E-state index in [0.717, 1.165) is 23.4 Å². The van der Waals surface area contributed by atoms with E-state index < -0.39 is 0 Å². The van der Waals surface area contributed by atoms with Crippen molar-refractivity contribution in [3.05, 3.63) is 95.6 Å². The van der Waals surface area contributed by atoms with Crippen LogP contribution in [0.25, 0.3) is 0 Å². The molecule has 1 unspecified atom stereocenters. The van der Waals surface area contributed by atoms with E-state index in [-0.39, 0.29) is 17.8 Å². The lowest BCUT2D eigenvalue weighted by Gasteiger charge is -2.37. The molecule has 4 rings (SSSR count). The van der Waals surface area contributed by atoms with Crippen LogP contribution in [0.15, 0.2) is 72.9 Å². The quantitative estimate of drug-likeness (QED) is 0.715. The number of carbonyl (C=O) groups is 1. The molecule has 0 bridgehead atoms. The third-order valence-electron chi connectivity index (χ3n) is 4.72. The van der Waals surface area contributed by atoms with E-state index in [2.05, 4.69) is 4.57 Å². The average Bonchev–Trinajstić information content (AvgIpc) is 3.10. The topological polar surface area (TPSA) is 25.2 Å². The first-order valence-corrected chi connectivity index (χ1v) is 8.46. The van der Waals surface area contributed by atoms with E-state index >= 15 is 0 Å². The summed E-state index contributed by atoms with van der Waals surface area (Å²) in [5.74, 6) is -0.218. The zero-order valence-corrected chi connectivity index (χ0v) is 13.8. The molecule has 0 saturated heterocycles. The van der Waals surface area contributed by atoms with Crippen molar-refractivity contribution in [2.75, 3.05) is 6.54 Å². The molecule has 0 spiro atoms. The minimum atomic E-state index is -0.281. The Morgan fingerprint density at radius 1 is 1.00 bits per heavy atom. The summed E-state index contributed by atoms with van der Waals surface area (Å²) in [5.41, 5.74) is 2.82. The third kappa shape index (κ3) is 3.07. The summed E-state index contributed by atoms with van der Waals surface area (Å²) in [6.45, 7) is 1.38. The number of halogens is 1. The smallest absolute Gasteiger partial charge is 0.227 e. The fourth-order valence-electron chi connectivity index (χ4n) is 3.55. The van der Waals surface area contributed by atoms with E-state index in [1.165, 1.54) is 12.1 Å². The molecule has 126 valence electrons. The maximum atomic E-state index is 13.8. The van der Waals surface area contributed by atoms with E-state index in [1.807, 2.05) is 59.6 Å². The summed E-state index contributed by atoms with van der Waals surface area (Å²) in [5, 5.41) is 0. The highest BCUT2D eigenvalue weighted by Crippen LogP contribution is 2.33. The van der Waals surface area contributed by atoms with Gasteiger partial charge in [-0.1, -0.05) is 42.5 Å². The molecule has 1 aliphatic heterocycles. The number of amides is 1. The minimum absolute atomic E-state index is 0.0629. The van der Waals surface area contributed by atoms with Gasteiger partial charge < -0.3 is 9.47 Å². The van der Waals surface area contributed by atoms with E-state index in [0.29, 0.717) is 13.0 Å². The maximum absolute atomic E-state index is 13.8. The Balaban J connectivity index is 1.69. The molecule has 0 aliphatic carbocycles. The van der Waals surface area contributed by atoms with Crippen molar-refractivity contribution in [2.24, 2.45) is 0 Å². The summed E-state index contributed by atoms with van der Waals surface area (Å²) in [6.07, 6.45) is 2.37. The van der Waals surface area contributed by atoms with Gasteiger partial charge in [0.1, 0.15) is 5.82 Å². The number of hydrogen-bond donors (Lipinski definition) is 0. The molecule has 25 heavy (non-hydrogen) atoms. The summed E-state index contributed by atoms with van der Waals surface area (Å²) < 4.78 is 15.9. The monoisotopic (exact) mass is 334 g/mol. The molecule has 2 aromatic carbocycles. The molecule has 1 aromatic heterocycles. The maximum Gasteiger partial charge on any atom is 0.227 e. The van der Waals surface area contributed by atoms with Crippen LogP contribution in [0.5, 0.6) is 0 Å². The van der Waals surface area contributed by atoms with E-state index in [1.54, 1.807) is 6.07 Å². The highest BCUT2D eigenvalue weighted by Gasteiger charge is 2.32. The van der Waals surface area contributed by atoms with Gasteiger partial charge in [0, 0.05) is 25.0 Å². The predicted molar refractivity (Wildman–Crippen MR) is 94.5 cm³/mol. The summed E-state index contributed by atoms with van der Waals surface area (Å²) in [4.78, 5) is 14.9. The number of carbonyl (C=O) groups excluding carboxylic acids is 1. The lowest BCUT2D eigenvalue weighted by molar-refractivity contribution is -0.133. The van der Waals surface area contributed by atoms with Crippen LogP contribution in [0.4, 0.5) is 4.39 Å². The van der Waals surface area contributed by atoms with Crippen molar-refractivity contribution in [2.45, 2.75) is 19.0 Å². The first-order chi connectivity index (χ1) is 12.2. The molecule has 1 atom stereocenters. The standard InChI is InChI=1S/C21H19FN2O/c22-18-9-4-8-17(15-18)21-19-10-5-11-23(19)12-13-24(21)20(25)14-16-6-2-1-3-7-16/h1-11,15,21H,12-14H2. The number of nitrogens with zero attached hydrogens (tertiary/aromatic N) is 2. The van der Waals surface area contributed by atoms with Gasteiger partial charge in [-0.05, 0) is 35.4 Å². The second kappa shape index (κ2) is 6.55. The van der Waals surface area contributed by atoms with Crippen LogP contribution in [0.3, 0.4) is 0 Å². The van der Waals surface area contributed by atoms with Crippen LogP contribution in [-0.2, 0) is 17.8 Å². The Bertz CT molecular complexity index is 888. The van der Waals surface area contributed by atoms with Crippen molar-refractivity contribution in [1.82, 2.24) is 9.47 Å². The normalized spacial score (nSPS) is 16.5. The van der Waals surface area contributed by atoms with Crippen molar-refractivity contribution in [3.8, 4) is 0 Å². The first kappa shape index (κ1) is 15.6. The van der Waals surface area contributed by atoms with Gasteiger partial charge in [0.25, 0.3) is 0 Å². The zero-order chi connectivity index (χ0) is 17.2. The Hall–Kier alpha value is -2.88. The van der Waals surface area contributed by atoms with Crippen molar-refractivity contribution >= 4 is 5.91 Å². The Kier molecular flexibility index (Phi) is 4.10. The zero-order valence-electron chi connectivity index (χ0n) is 13.8. The van der Waals surface area contributed by atoms with E-state index in [4.69, 9.17) is 0 Å². The molecule has 0 saturated carbocycles. The molecule has 1 amide bonds. The minimum Gasteiger partial charge on any atom is -0.348 e. The number of rotatable bonds is 3. The highest BCUT2D eigenvalue weighted by atomic mass is 19.1. The van der Waals surface area contributed by atoms with Gasteiger partial charge in [-0.25, -0.2) is 4.39 Å². The van der Waals surface area contributed by atoms with Gasteiger partial charge in [0.15, 0.2) is 0 Å². The second-order valence-electron chi connectivity index (χ2n) is 6.33. The highest BCUT2D eigenvalue weighted by molar-refractivity contribution is 5.80. The lowest BCUT2D eigenvalue weighted by atomic mass is 9.98. The Morgan fingerprint density at radius 3 is 2.64 bits per heavy atom. The van der Waals surface area contributed by atoms with Crippen LogP contribution < -0.4 is 0 Å². The second-order valence-corrected chi connectivity index (χ2v) is 6.33. The van der Waals surface area contributed by atoms with Crippen molar-refractivity contribution in [1.29, 1.82) is 0 Å². The molecule has 0 N–H and O–H groups in total. The van der Waals surface area contributed by atoms with Crippen molar-refractivity contribution < 1.29 is 9.18 Å². The SMILES string of the molecule is O=C(Cc1ccccc1)N1CCn2cccc2C1c1cccc(F)c1. The van der Waals surface area contributed by atoms with Gasteiger partial charge in [0.2, 0.25) is 5.91 Å².